The van der Waals surface area contributed by atoms with Crippen LogP contribution >= 0.6 is 7.82 Å². The molecule has 0 radical (unpaired) electrons. The molecule has 0 bridgehead atoms. The number of rotatable bonds is 44. The molecule has 0 rings (SSSR count). The summed E-state index contributed by atoms with van der Waals surface area (Å²) in [6.07, 6.45) is 62.0. The second kappa shape index (κ2) is 47.6. The summed E-state index contributed by atoms with van der Waals surface area (Å²) >= 11 is 0. The van der Waals surface area contributed by atoms with Crippen LogP contribution in [0.25, 0.3) is 0 Å². The summed E-state index contributed by atoms with van der Waals surface area (Å²) in [5.74, 6) is -0.444. The molecule has 3 unspecified atom stereocenters. The van der Waals surface area contributed by atoms with Gasteiger partial charge in [0.25, 0.3) is 0 Å². The van der Waals surface area contributed by atoms with Crippen LogP contribution in [0, 0.1) is 0 Å². The molecule has 0 heterocycles. The predicted octanol–water partition coefficient (Wildman–Crippen LogP) is 13.8. The Morgan fingerprint density at radius 3 is 1.31 bits per heavy atom. The van der Waals surface area contributed by atoms with Crippen LogP contribution in [0.3, 0.4) is 0 Å². The SMILES string of the molecule is CC/C=C\C/C=C\C/C=C\C/C=C\C/C=C\CCCC(=O)OC(COCCCCCCCCCCCCC/C=C\C/C=C\C/C=C\C/C=C\CC)COP(=O)(O)OCC(O)CO. The van der Waals surface area contributed by atoms with E-state index < -0.39 is 45.8 Å². The van der Waals surface area contributed by atoms with Gasteiger partial charge in [-0.15, -0.1) is 0 Å². The Morgan fingerprint density at radius 1 is 0.500 bits per heavy atom. The second-order valence-corrected chi connectivity index (χ2v) is 16.8. The summed E-state index contributed by atoms with van der Waals surface area (Å²) in [6.45, 7) is 3.19. The van der Waals surface area contributed by atoms with Crippen molar-refractivity contribution < 1.29 is 43.0 Å². The molecule has 0 aliphatic rings. The van der Waals surface area contributed by atoms with Crippen molar-refractivity contribution in [3.8, 4) is 0 Å². The molecule has 9 nitrogen and oxygen atoms in total. The number of hydrogen-bond donors (Lipinski definition) is 3. The van der Waals surface area contributed by atoms with E-state index in [0.717, 1.165) is 83.5 Å². The highest BCUT2D eigenvalue weighted by Crippen LogP contribution is 2.43. The minimum atomic E-state index is -4.55. The predicted molar refractivity (Wildman–Crippen MR) is 260 cm³/mol. The maximum Gasteiger partial charge on any atom is 0.472 e. The van der Waals surface area contributed by atoms with Crippen molar-refractivity contribution in [2.45, 2.75) is 180 Å². The first-order valence-corrected chi connectivity index (χ1v) is 25.4. The monoisotopic (exact) mass is 887 g/mol. The molecule has 0 amide bonds. The first kappa shape index (κ1) is 59.1. The summed E-state index contributed by atoms with van der Waals surface area (Å²) in [5, 5.41) is 18.4. The van der Waals surface area contributed by atoms with E-state index in [1.807, 2.05) is 6.08 Å². The molecule has 3 N–H and O–H groups in total. The molecule has 10 heteroatoms. The van der Waals surface area contributed by atoms with Crippen molar-refractivity contribution in [2.75, 3.05) is 33.0 Å². The molecule has 0 aromatic carbocycles. The smallest absolute Gasteiger partial charge is 0.457 e. The molecule has 0 saturated carbocycles. The first-order valence-electron chi connectivity index (χ1n) is 23.9. The average Bonchev–Trinajstić information content (AvgIpc) is 3.26. The molecular formula is C52H87O9P. The van der Waals surface area contributed by atoms with Gasteiger partial charge in [-0.1, -0.05) is 181 Å². The number of phosphoric acid groups is 1. The number of carbonyl (C=O) groups is 1. The van der Waals surface area contributed by atoms with E-state index in [1.165, 1.54) is 57.8 Å². The zero-order chi connectivity index (χ0) is 45.3. The normalized spacial score (nSPS) is 14.9. The molecule has 3 atom stereocenters. The number of aliphatic hydroxyl groups is 2. The highest BCUT2D eigenvalue weighted by atomic mass is 31.2. The average molecular weight is 887 g/mol. The fourth-order valence-electron chi connectivity index (χ4n) is 5.91. The number of ether oxygens (including phenoxy) is 2. The number of esters is 1. The largest absolute Gasteiger partial charge is 0.472 e. The van der Waals surface area contributed by atoms with Gasteiger partial charge in [-0.3, -0.25) is 13.8 Å². The zero-order valence-corrected chi connectivity index (χ0v) is 39.7. The van der Waals surface area contributed by atoms with Crippen LogP contribution in [-0.4, -0.2) is 66.3 Å². The van der Waals surface area contributed by atoms with Crippen molar-refractivity contribution in [1.29, 1.82) is 0 Å². The summed E-state index contributed by atoms with van der Waals surface area (Å²) in [4.78, 5) is 22.6. The minimum absolute atomic E-state index is 0.0171. The van der Waals surface area contributed by atoms with Crippen LogP contribution in [-0.2, 0) is 27.9 Å². The van der Waals surface area contributed by atoms with Gasteiger partial charge in [0.2, 0.25) is 0 Å². The molecule has 0 aromatic heterocycles. The third kappa shape index (κ3) is 46.6. The Kier molecular flexibility index (Phi) is 45.4. The molecule has 0 aliphatic heterocycles. The number of phosphoric ester groups is 1. The number of hydrogen-bond acceptors (Lipinski definition) is 8. The fraction of sp³-hybridized carbons (Fsp3) is 0.635. The standard InChI is InChI=1S/C52H87O9P/c1-3-5-7-9-11-13-15-17-19-21-22-23-24-25-26-27-29-31-33-35-37-39-41-43-45-58-48-51(49-60-62(56,57)59-47-50(54)46-53)61-52(55)44-42-40-38-36-34-32-30-28-20-18-16-14-12-10-8-6-4-2/h5-8,11-14,17-20,22-23,30,32,36,38,50-51,53-54H,3-4,9-10,15-16,21,24-29,31,33-35,37,39-49H2,1-2H3,(H,56,57)/b7-5-,8-6-,13-11-,14-12-,19-17-,20-18-,23-22-,32-30-,38-36-. The highest BCUT2D eigenvalue weighted by molar-refractivity contribution is 7.47. The maximum absolute atomic E-state index is 12.6. The number of unbranched alkanes of at least 4 members (excludes halogenated alkanes) is 12. The Morgan fingerprint density at radius 2 is 0.871 bits per heavy atom. The Bertz CT molecular complexity index is 1330. The minimum Gasteiger partial charge on any atom is -0.457 e. The lowest BCUT2D eigenvalue weighted by atomic mass is 10.1. The van der Waals surface area contributed by atoms with Gasteiger partial charge in [0.05, 0.1) is 26.4 Å². The molecule has 0 saturated heterocycles. The van der Waals surface area contributed by atoms with Gasteiger partial charge >= 0.3 is 13.8 Å². The number of carbonyl (C=O) groups excluding carboxylic acids is 1. The second-order valence-electron chi connectivity index (χ2n) is 15.4. The van der Waals surface area contributed by atoms with Gasteiger partial charge in [0, 0.05) is 13.0 Å². The summed E-state index contributed by atoms with van der Waals surface area (Å²) in [5.41, 5.74) is 0. The molecule has 0 spiro atoms. The topological polar surface area (TPSA) is 132 Å². The third-order valence-corrected chi connectivity index (χ3v) is 10.4. The van der Waals surface area contributed by atoms with Crippen LogP contribution in [0.5, 0.6) is 0 Å². The lowest BCUT2D eigenvalue weighted by molar-refractivity contribution is -0.154. The zero-order valence-electron chi connectivity index (χ0n) is 38.8. The lowest BCUT2D eigenvalue weighted by Crippen LogP contribution is -2.29. The summed E-state index contributed by atoms with van der Waals surface area (Å²) in [6, 6.07) is 0. The third-order valence-electron chi connectivity index (χ3n) is 9.45. The van der Waals surface area contributed by atoms with E-state index >= 15 is 0 Å². The summed E-state index contributed by atoms with van der Waals surface area (Å²) < 4.78 is 33.4. The van der Waals surface area contributed by atoms with Gasteiger partial charge in [0.15, 0.2) is 0 Å². The van der Waals surface area contributed by atoms with Crippen LogP contribution in [0.2, 0.25) is 0 Å². The quantitative estimate of drug-likeness (QED) is 0.0237. The van der Waals surface area contributed by atoms with E-state index in [4.69, 9.17) is 23.6 Å². The van der Waals surface area contributed by atoms with Crippen molar-refractivity contribution in [2.24, 2.45) is 0 Å². The van der Waals surface area contributed by atoms with Crippen LogP contribution in [0.4, 0.5) is 0 Å². The van der Waals surface area contributed by atoms with E-state index in [2.05, 4.69) is 117 Å². The lowest BCUT2D eigenvalue weighted by Gasteiger charge is -2.20. The van der Waals surface area contributed by atoms with Gasteiger partial charge in [-0.25, -0.2) is 4.57 Å². The van der Waals surface area contributed by atoms with Crippen LogP contribution in [0.15, 0.2) is 109 Å². The van der Waals surface area contributed by atoms with E-state index in [1.54, 1.807) is 0 Å². The molecule has 0 fully saturated rings. The number of aliphatic hydroxyl groups excluding tert-OH is 2. The Hall–Kier alpha value is -2.88. The van der Waals surface area contributed by atoms with E-state index in [9.17, 15) is 19.4 Å². The first-order chi connectivity index (χ1) is 30.3. The fourth-order valence-corrected chi connectivity index (χ4v) is 6.70. The van der Waals surface area contributed by atoms with Crippen LogP contribution < -0.4 is 0 Å². The number of allylic oxidation sites excluding steroid dienone is 18. The Labute approximate surface area is 378 Å². The molecular weight excluding hydrogens is 800 g/mol. The van der Waals surface area contributed by atoms with Crippen molar-refractivity contribution in [3.63, 3.8) is 0 Å². The van der Waals surface area contributed by atoms with Crippen LogP contribution in [0.1, 0.15) is 168 Å². The highest BCUT2D eigenvalue weighted by Gasteiger charge is 2.26. The molecule has 62 heavy (non-hydrogen) atoms. The van der Waals surface area contributed by atoms with Crippen molar-refractivity contribution in [3.05, 3.63) is 109 Å². The molecule has 0 aromatic rings. The van der Waals surface area contributed by atoms with E-state index in [-0.39, 0.29) is 13.0 Å². The van der Waals surface area contributed by atoms with Gasteiger partial charge < -0.3 is 24.6 Å². The maximum atomic E-state index is 12.6. The van der Waals surface area contributed by atoms with Gasteiger partial charge in [-0.2, -0.15) is 0 Å². The van der Waals surface area contributed by atoms with Gasteiger partial charge in [0.1, 0.15) is 12.2 Å². The molecule has 0 aliphatic carbocycles. The molecule has 354 valence electrons. The summed E-state index contributed by atoms with van der Waals surface area (Å²) in [7, 11) is -4.55. The Balaban J connectivity index is 4.19. The van der Waals surface area contributed by atoms with Crippen molar-refractivity contribution in [1.82, 2.24) is 0 Å². The van der Waals surface area contributed by atoms with Crippen molar-refractivity contribution >= 4 is 13.8 Å². The van der Waals surface area contributed by atoms with Gasteiger partial charge in [-0.05, 0) is 89.9 Å². The van der Waals surface area contributed by atoms with E-state index in [0.29, 0.717) is 13.0 Å².